The molecule has 6 nitrogen and oxygen atoms in total. The van der Waals surface area contributed by atoms with Gasteiger partial charge in [-0.05, 0) is 17.7 Å². The van der Waals surface area contributed by atoms with Gasteiger partial charge in [-0.2, -0.15) is 0 Å². The van der Waals surface area contributed by atoms with Crippen LogP contribution in [-0.2, 0) is 18.4 Å². The molecule has 0 aliphatic heterocycles. The van der Waals surface area contributed by atoms with Gasteiger partial charge in [0.15, 0.2) is 16.8 Å². The molecule has 8 heteroatoms. The van der Waals surface area contributed by atoms with Gasteiger partial charge in [0.2, 0.25) is 5.91 Å². The summed E-state index contributed by atoms with van der Waals surface area (Å²) in [5.74, 6) is 0.627. The van der Waals surface area contributed by atoms with E-state index in [2.05, 4.69) is 15.5 Å². The summed E-state index contributed by atoms with van der Waals surface area (Å²) in [6.45, 7) is 0.225. The van der Waals surface area contributed by atoms with E-state index >= 15 is 0 Å². The van der Waals surface area contributed by atoms with Gasteiger partial charge >= 0.3 is 0 Å². The van der Waals surface area contributed by atoms with Gasteiger partial charge in [0.05, 0.1) is 12.3 Å². The summed E-state index contributed by atoms with van der Waals surface area (Å²) in [6.07, 6.45) is 3.08. The smallest absolute Gasteiger partial charge is 0.244 e. The molecule has 29 heavy (non-hydrogen) atoms. The molecule has 3 rings (SSSR count). The fraction of sp³-hybridized carbons (Fsp3) is 0.143. The number of halogens is 1. The Hall–Kier alpha value is -2.90. The first-order valence-corrected chi connectivity index (χ1v) is 10.2. The van der Waals surface area contributed by atoms with Crippen molar-refractivity contribution in [2.45, 2.75) is 11.7 Å². The lowest BCUT2D eigenvalue weighted by atomic mass is 10.2. The zero-order chi connectivity index (χ0) is 20.6. The van der Waals surface area contributed by atoms with E-state index in [0.717, 1.165) is 5.56 Å². The van der Waals surface area contributed by atoms with Crippen molar-refractivity contribution < 1.29 is 9.59 Å². The standard InChI is InChI=1S/C21H19ClN4O2S/c1-26-19(13-23-20(28)12-11-15-7-5-6-10-17(15)22)24-25-21(26)29-14-18(27)16-8-3-2-4-9-16/h2-12H,13-14H2,1H3,(H,23,28). The maximum atomic E-state index is 12.2. The number of rotatable bonds is 8. The Bertz CT molecular complexity index is 1030. The van der Waals surface area contributed by atoms with Crippen molar-refractivity contribution >= 4 is 41.1 Å². The molecular weight excluding hydrogens is 408 g/mol. The Morgan fingerprint density at radius 2 is 1.83 bits per heavy atom. The first-order valence-electron chi connectivity index (χ1n) is 8.84. The van der Waals surface area contributed by atoms with E-state index in [0.29, 0.717) is 21.6 Å². The number of hydrogen-bond acceptors (Lipinski definition) is 5. The monoisotopic (exact) mass is 426 g/mol. The predicted molar refractivity (Wildman–Crippen MR) is 115 cm³/mol. The average molecular weight is 427 g/mol. The SMILES string of the molecule is Cn1c(CNC(=O)C=Cc2ccccc2Cl)nnc1SCC(=O)c1ccccc1. The highest BCUT2D eigenvalue weighted by molar-refractivity contribution is 7.99. The number of hydrogen-bond donors (Lipinski definition) is 1. The molecule has 0 unspecified atom stereocenters. The van der Waals surface area contributed by atoms with E-state index in [9.17, 15) is 9.59 Å². The summed E-state index contributed by atoms with van der Waals surface area (Å²) < 4.78 is 1.76. The van der Waals surface area contributed by atoms with E-state index in [-0.39, 0.29) is 24.0 Å². The highest BCUT2D eigenvalue weighted by Gasteiger charge is 2.13. The minimum atomic E-state index is -0.263. The van der Waals surface area contributed by atoms with Crippen molar-refractivity contribution in [1.29, 1.82) is 0 Å². The Kier molecular flexibility index (Phi) is 7.21. The van der Waals surface area contributed by atoms with Crippen LogP contribution in [0.3, 0.4) is 0 Å². The minimum absolute atomic E-state index is 0.0261. The van der Waals surface area contributed by atoms with Crippen LogP contribution in [0.2, 0.25) is 5.02 Å². The lowest BCUT2D eigenvalue weighted by molar-refractivity contribution is -0.116. The predicted octanol–water partition coefficient (Wildman–Crippen LogP) is 3.77. The molecule has 0 bridgehead atoms. The molecule has 0 atom stereocenters. The fourth-order valence-electron chi connectivity index (χ4n) is 2.46. The fourth-order valence-corrected chi connectivity index (χ4v) is 3.49. The quantitative estimate of drug-likeness (QED) is 0.337. The molecule has 1 aromatic heterocycles. The van der Waals surface area contributed by atoms with Crippen LogP contribution in [0.1, 0.15) is 21.7 Å². The maximum absolute atomic E-state index is 12.2. The molecule has 148 valence electrons. The summed E-state index contributed by atoms with van der Waals surface area (Å²) in [7, 11) is 1.80. The summed E-state index contributed by atoms with van der Waals surface area (Å²) in [5, 5.41) is 12.2. The molecule has 0 radical (unpaired) electrons. The molecule has 1 N–H and O–H groups in total. The number of nitrogens with zero attached hydrogens (tertiary/aromatic N) is 3. The lowest BCUT2D eigenvalue weighted by Gasteiger charge is -2.04. The number of ketones is 1. The summed E-state index contributed by atoms with van der Waals surface area (Å²) in [5.41, 5.74) is 1.43. The van der Waals surface area contributed by atoms with Gasteiger partial charge in [0, 0.05) is 23.7 Å². The van der Waals surface area contributed by atoms with Crippen LogP contribution in [0.4, 0.5) is 0 Å². The Morgan fingerprint density at radius 3 is 2.59 bits per heavy atom. The molecule has 0 aliphatic carbocycles. The van der Waals surface area contributed by atoms with Crippen LogP contribution in [-0.4, -0.2) is 32.2 Å². The lowest BCUT2D eigenvalue weighted by Crippen LogP contribution is -2.22. The molecule has 1 heterocycles. The molecular formula is C21H19ClN4O2S. The van der Waals surface area contributed by atoms with Gasteiger partial charge in [0.25, 0.3) is 0 Å². The zero-order valence-corrected chi connectivity index (χ0v) is 17.3. The number of carbonyl (C=O) groups is 2. The number of benzene rings is 2. The van der Waals surface area contributed by atoms with Crippen molar-refractivity contribution in [2.75, 3.05) is 5.75 Å². The second kappa shape index (κ2) is 10.0. The van der Waals surface area contributed by atoms with E-state index in [1.807, 2.05) is 36.4 Å². The number of Topliss-reactive ketones (excluding diaryl/α,β-unsaturated/α-hetero) is 1. The van der Waals surface area contributed by atoms with Crippen molar-refractivity contribution in [2.24, 2.45) is 7.05 Å². The van der Waals surface area contributed by atoms with E-state index in [4.69, 9.17) is 11.6 Å². The van der Waals surface area contributed by atoms with Crippen molar-refractivity contribution in [3.8, 4) is 0 Å². The van der Waals surface area contributed by atoms with Crippen molar-refractivity contribution in [1.82, 2.24) is 20.1 Å². The number of nitrogens with one attached hydrogen (secondary N) is 1. The summed E-state index contributed by atoms with van der Waals surface area (Å²) in [4.78, 5) is 24.3. The second-order valence-corrected chi connectivity index (χ2v) is 7.46. The van der Waals surface area contributed by atoms with Gasteiger partial charge in [-0.15, -0.1) is 10.2 Å². The topological polar surface area (TPSA) is 76.9 Å². The molecule has 0 saturated heterocycles. The van der Waals surface area contributed by atoms with Crippen molar-refractivity contribution in [3.05, 3.63) is 82.6 Å². The number of carbonyl (C=O) groups excluding carboxylic acids is 2. The number of amides is 1. The van der Waals surface area contributed by atoms with E-state index in [1.54, 1.807) is 35.9 Å². The van der Waals surface area contributed by atoms with Crippen LogP contribution in [0.5, 0.6) is 0 Å². The minimum Gasteiger partial charge on any atom is -0.345 e. The molecule has 0 spiro atoms. The maximum Gasteiger partial charge on any atom is 0.244 e. The van der Waals surface area contributed by atoms with Crippen LogP contribution >= 0.6 is 23.4 Å². The number of thioether (sulfide) groups is 1. The summed E-state index contributed by atoms with van der Waals surface area (Å²) >= 11 is 7.38. The first kappa shape index (κ1) is 20.8. The van der Waals surface area contributed by atoms with Crippen molar-refractivity contribution in [3.63, 3.8) is 0 Å². The second-order valence-electron chi connectivity index (χ2n) is 6.11. The van der Waals surface area contributed by atoms with E-state index < -0.39 is 0 Å². The number of aromatic nitrogens is 3. The molecule has 0 saturated carbocycles. The summed E-state index contributed by atoms with van der Waals surface area (Å²) in [6, 6.07) is 16.4. The van der Waals surface area contributed by atoms with Gasteiger partial charge < -0.3 is 9.88 Å². The molecule has 0 fully saturated rings. The third-order valence-electron chi connectivity index (χ3n) is 4.09. The zero-order valence-electron chi connectivity index (χ0n) is 15.7. The largest absolute Gasteiger partial charge is 0.345 e. The third kappa shape index (κ3) is 5.79. The van der Waals surface area contributed by atoms with Crippen LogP contribution in [0, 0.1) is 0 Å². The molecule has 2 aromatic carbocycles. The van der Waals surface area contributed by atoms with E-state index in [1.165, 1.54) is 17.8 Å². The van der Waals surface area contributed by atoms with Crippen LogP contribution in [0.25, 0.3) is 6.08 Å². The van der Waals surface area contributed by atoms with Crippen LogP contribution in [0.15, 0.2) is 65.8 Å². The van der Waals surface area contributed by atoms with Crippen LogP contribution < -0.4 is 5.32 Å². The van der Waals surface area contributed by atoms with Gasteiger partial charge in [-0.3, -0.25) is 9.59 Å². The highest BCUT2D eigenvalue weighted by Crippen LogP contribution is 2.18. The Morgan fingerprint density at radius 1 is 1.10 bits per heavy atom. The highest BCUT2D eigenvalue weighted by atomic mass is 35.5. The molecule has 0 aliphatic rings. The first-order chi connectivity index (χ1) is 14.0. The van der Waals surface area contributed by atoms with Gasteiger partial charge in [-0.25, -0.2) is 0 Å². The normalized spacial score (nSPS) is 11.0. The molecule has 3 aromatic rings. The van der Waals surface area contributed by atoms with Gasteiger partial charge in [0.1, 0.15) is 0 Å². The average Bonchev–Trinajstić information content (AvgIpc) is 3.10. The molecule has 1 amide bonds. The Labute approximate surface area is 178 Å². The van der Waals surface area contributed by atoms with Gasteiger partial charge in [-0.1, -0.05) is 71.9 Å². The third-order valence-corrected chi connectivity index (χ3v) is 5.46. The Balaban J connectivity index is 1.52.